The van der Waals surface area contributed by atoms with Crippen molar-refractivity contribution in [3.05, 3.63) is 59.9 Å². The fourth-order valence-electron chi connectivity index (χ4n) is 2.07. The Morgan fingerprint density at radius 2 is 1.76 bits per heavy atom. The second-order valence-corrected chi connectivity index (χ2v) is 6.80. The maximum absolute atomic E-state index is 13.5. The summed E-state index contributed by atoms with van der Waals surface area (Å²) in [7, 11) is -3.69. The molecule has 2 N–H and O–H groups in total. The van der Waals surface area contributed by atoms with E-state index >= 15 is 0 Å². The van der Waals surface area contributed by atoms with Crippen molar-refractivity contribution in [2.75, 3.05) is 19.7 Å². The SMILES string of the molecule is CCOc1ccc(S(=O)(=O)NCCNC(=O)c2ccccc2F)cc1. The Hall–Kier alpha value is -2.45. The predicted octanol–water partition coefficient (Wildman–Crippen LogP) is 1.93. The fraction of sp³-hybridized carbons (Fsp3) is 0.235. The molecule has 0 saturated heterocycles. The number of carbonyl (C=O) groups is 1. The fourth-order valence-corrected chi connectivity index (χ4v) is 3.10. The summed E-state index contributed by atoms with van der Waals surface area (Å²) in [4.78, 5) is 11.9. The standard InChI is InChI=1S/C17H19FN2O4S/c1-2-24-13-7-9-14(10-8-13)25(22,23)20-12-11-19-17(21)15-5-3-4-6-16(15)18/h3-10,20H,2,11-12H2,1H3,(H,19,21). The largest absolute Gasteiger partial charge is 0.494 e. The zero-order chi connectivity index (χ0) is 18.3. The normalized spacial score (nSPS) is 11.1. The lowest BCUT2D eigenvalue weighted by atomic mass is 10.2. The number of nitrogens with one attached hydrogen (secondary N) is 2. The molecular formula is C17H19FN2O4S. The molecule has 0 atom stereocenters. The molecule has 0 aliphatic heterocycles. The van der Waals surface area contributed by atoms with Crippen molar-refractivity contribution >= 4 is 15.9 Å². The van der Waals surface area contributed by atoms with Crippen LogP contribution >= 0.6 is 0 Å². The average molecular weight is 366 g/mol. The molecular weight excluding hydrogens is 347 g/mol. The number of benzene rings is 2. The van der Waals surface area contributed by atoms with Gasteiger partial charge in [0.25, 0.3) is 5.91 Å². The molecule has 0 bridgehead atoms. The molecule has 1 amide bonds. The number of rotatable bonds is 8. The molecule has 2 rings (SSSR count). The lowest BCUT2D eigenvalue weighted by Gasteiger charge is -2.09. The van der Waals surface area contributed by atoms with Gasteiger partial charge in [-0.25, -0.2) is 17.5 Å². The van der Waals surface area contributed by atoms with E-state index < -0.39 is 21.7 Å². The third kappa shape index (κ3) is 5.27. The van der Waals surface area contributed by atoms with E-state index in [2.05, 4.69) is 10.0 Å². The number of hydrogen-bond acceptors (Lipinski definition) is 4. The quantitative estimate of drug-likeness (QED) is 0.699. The van der Waals surface area contributed by atoms with Gasteiger partial charge in [0, 0.05) is 13.1 Å². The zero-order valence-electron chi connectivity index (χ0n) is 13.7. The van der Waals surface area contributed by atoms with Crippen LogP contribution in [0, 0.1) is 5.82 Å². The van der Waals surface area contributed by atoms with Crippen molar-refractivity contribution in [2.24, 2.45) is 0 Å². The summed E-state index contributed by atoms with van der Waals surface area (Å²) in [6, 6.07) is 11.6. The van der Waals surface area contributed by atoms with Crippen LogP contribution in [0.5, 0.6) is 5.75 Å². The molecule has 2 aromatic rings. The summed E-state index contributed by atoms with van der Waals surface area (Å²) >= 11 is 0. The summed E-state index contributed by atoms with van der Waals surface area (Å²) < 4.78 is 45.4. The van der Waals surface area contributed by atoms with Crippen molar-refractivity contribution in [3.8, 4) is 5.75 Å². The Balaban J connectivity index is 1.86. The van der Waals surface area contributed by atoms with Crippen molar-refractivity contribution in [1.82, 2.24) is 10.0 Å². The van der Waals surface area contributed by atoms with Gasteiger partial charge in [0.05, 0.1) is 17.1 Å². The highest BCUT2D eigenvalue weighted by molar-refractivity contribution is 7.89. The molecule has 0 unspecified atom stereocenters. The Morgan fingerprint density at radius 3 is 2.40 bits per heavy atom. The van der Waals surface area contributed by atoms with Crippen LogP contribution in [0.15, 0.2) is 53.4 Å². The topological polar surface area (TPSA) is 84.5 Å². The first kappa shape index (κ1) is 18.9. The summed E-state index contributed by atoms with van der Waals surface area (Å²) in [6.45, 7) is 2.34. The van der Waals surface area contributed by atoms with Gasteiger partial charge in [0.1, 0.15) is 11.6 Å². The van der Waals surface area contributed by atoms with E-state index in [-0.39, 0.29) is 23.5 Å². The second kappa shape index (κ2) is 8.59. The van der Waals surface area contributed by atoms with Crippen LogP contribution in [0.1, 0.15) is 17.3 Å². The number of ether oxygens (including phenoxy) is 1. The smallest absolute Gasteiger partial charge is 0.254 e. The number of carbonyl (C=O) groups excluding carboxylic acids is 1. The minimum absolute atomic E-state index is 0.0181. The summed E-state index contributed by atoms with van der Waals surface area (Å²) in [5.41, 5.74) is -0.0862. The molecule has 134 valence electrons. The lowest BCUT2D eigenvalue weighted by Crippen LogP contribution is -2.35. The van der Waals surface area contributed by atoms with Crippen LogP contribution < -0.4 is 14.8 Å². The maximum atomic E-state index is 13.5. The molecule has 8 heteroatoms. The van der Waals surface area contributed by atoms with Gasteiger partial charge in [0.2, 0.25) is 10.0 Å². The lowest BCUT2D eigenvalue weighted by molar-refractivity contribution is 0.0950. The summed E-state index contributed by atoms with van der Waals surface area (Å²) in [6.07, 6.45) is 0. The van der Waals surface area contributed by atoms with E-state index in [1.807, 2.05) is 6.92 Å². The monoisotopic (exact) mass is 366 g/mol. The van der Waals surface area contributed by atoms with Gasteiger partial charge in [-0.2, -0.15) is 0 Å². The number of halogens is 1. The third-order valence-corrected chi connectivity index (χ3v) is 4.74. The van der Waals surface area contributed by atoms with Crippen molar-refractivity contribution in [2.45, 2.75) is 11.8 Å². The second-order valence-electron chi connectivity index (χ2n) is 5.04. The van der Waals surface area contributed by atoms with Crippen molar-refractivity contribution in [3.63, 3.8) is 0 Å². The molecule has 25 heavy (non-hydrogen) atoms. The first-order chi connectivity index (χ1) is 11.9. The molecule has 0 aromatic heterocycles. The van der Waals surface area contributed by atoms with Crippen LogP contribution in [-0.4, -0.2) is 34.0 Å². The van der Waals surface area contributed by atoms with E-state index in [0.29, 0.717) is 12.4 Å². The average Bonchev–Trinajstić information content (AvgIpc) is 2.60. The minimum atomic E-state index is -3.69. The highest BCUT2D eigenvalue weighted by atomic mass is 32.2. The number of amides is 1. The van der Waals surface area contributed by atoms with Crippen LogP contribution in [0.4, 0.5) is 4.39 Å². The Morgan fingerprint density at radius 1 is 1.08 bits per heavy atom. The van der Waals surface area contributed by atoms with Crippen LogP contribution in [0.2, 0.25) is 0 Å². The maximum Gasteiger partial charge on any atom is 0.254 e. The molecule has 0 aliphatic carbocycles. The molecule has 0 aliphatic rings. The Kier molecular flexibility index (Phi) is 6.49. The van der Waals surface area contributed by atoms with Gasteiger partial charge in [-0.1, -0.05) is 12.1 Å². The summed E-state index contributed by atoms with van der Waals surface area (Å²) in [5, 5.41) is 2.46. The minimum Gasteiger partial charge on any atom is -0.494 e. The molecule has 0 spiro atoms. The third-order valence-electron chi connectivity index (χ3n) is 3.27. The summed E-state index contributed by atoms with van der Waals surface area (Å²) in [5.74, 6) is -0.646. The van der Waals surface area contributed by atoms with E-state index in [1.54, 1.807) is 18.2 Å². The van der Waals surface area contributed by atoms with Crippen LogP contribution in [0.3, 0.4) is 0 Å². The van der Waals surface area contributed by atoms with Crippen LogP contribution in [0.25, 0.3) is 0 Å². The van der Waals surface area contributed by atoms with Gasteiger partial charge in [-0.15, -0.1) is 0 Å². The van der Waals surface area contributed by atoms with E-state index in [4.69, 9.17) is 4.74 Å². The van der Waals surface area contributed by atoms with Gasteiger partial charge in [-0.3, -0.25) is 4.79 Å². The first-order valence-corrected chi connectivity index (χ1v) is 9.17. The first-order valence-electron chi connectivity index (χ1n) is 7.69. The highest BCUT2D eigenvalue weighted by Crippen LogP contribution is 2.15. The van der Waals surface area contributed by atoms with Gasteiger partial charge >= 0.3 is 0 Å². The van der Waals surface area contributed by atoms with Gasteiger partial charge in [0.15, 0.2) is 0 Å². The molecule has 0 saturated carbocycles. The number of sulfonamides is 1. The van der Waals surface area contributed by atoms with E-state index in [1.165, 1.54) is 30.3 Å². The van der Waals surface area contributed by atoms with E-state index in [9.17, 15) is 17.6 Å². The highest BCUT2D eigenvalue weighted by Gasteiger charge is 2.14. The van der Waals surface area contributed by atoms with Gasteiger partial charge in [-0.05, 0) is 43.3 Å². The zero-order valence-corrected chi connectivity index (χ0v) is 14.5. The number of hydrogen-bond donors (Lipinski definition) is 2. The molecule has 0 heterocycles. The van der Waals surface area contributed by atoms with Crippen LogP contribution in [-0.2, 0) is 10.0 Å². The molecule has 0 radical (unpaired) electrons. The van der Waals surface area contributed by atoms with E-state index in [0.717, 1.165) is 0 Å². The molecule has 2 aromatic carbocycles. The molecule has 6 nitrogen and oxygen atoms in total. The van der Waals surface area contributed by atoms with Crippen molar-refractivity contribution in [1.29, 1.82) is 0 Å². The van der Waals surface area contributed by atoms with Gasteiger partial charge < -0.3 is 10.1 Å². The Labute approximate surface area is 146 Å². The Bertz CT molecular complexity index is 823. The molecule has 0 fully saturated rings. The van der Waals surface area contributed by atoms with Crippen molar-refractivity contribution < 1.29 is 22.3 Å². The predicted molar refractivity (Wildman–Crippen MR) is 91.5 cm³/mol.